The number of carbonyl (C=O) groups excluding carboxylic acids is 1. The number of aryl methyl sites for hydroxylation is 2. The molecule has 0 atom stereocenters. The molecule has 0 saturated carbocycles. The Kier molecular flexibility index (Phi) is 4.35. The van der Waals surface area contributed by atoms with E-state index in [1.165, 1.54) is 0 Å². The van der Waals surface area contributed by atoms with E-state index in [1.807, 2.05) is 43.3 Å². The molecule has 0 bridgehead atoms. The molecule has 2 N–H and O–H groups in total. The van der Waals surface area contributed by atoms with Crippen molar-refractivity contribution in [3.8, 4) is 28.5 Å². The van der Waals surface area contributed by atoms with Crippen LogP contribution < -0.4 is 0 Å². The molecule has 31 heavy (non-hydrogen) atoms. The molecule has 3 heterocycles. The zero-order chi connectivity index (χ0) is 21.7. The topological polar surface area (TPSA) is 96.0 Å². The fraction of sp³-hybridized carbons (Fsp3) is 0.217. The van der Waals surface area contributed by atoms with E-state index in [4.69, 9.17) is 4.74 Å². The molecule has 5 rings (SSSR count). The van der Waals surface area contributed by atoms with Crippen LogP contribution in [0.15, 0.2) is 36.4 Å². The van der Waals surface area contributed by atoms with Gasteiger partial charge < -0.3 is 14.8 Å². The lowest BCUT2D eigenvalue weighted by Gasteiger charge is -1.99. The second-order valence-corrected chi connectivity index (χ2v) is 7.64. The largest absolute Gasteiger partial charge is 0.596 e. The van der Waals surface area contributed by atoms with E-state index in [2.05, 4.69) is 15.1 Å². The second-order valence-electron chi connectivity index (χ2n) is 7.64. The first-order valence-electron chi connectivity index (χ1n) is 10.1. The highest BCUT2D eigenvalue weighted by molar-refractivity contribution is 5.92. The molecule has 0 spiro atoms. The third-order valence-electron chi connectivity index (χ3n) is 5.45. The zero-order valence-electron chi connectivity index (χ0n) is 17.5. The van der Waals surface area contributed by atoms with E-state index >= 15 is 0 Å². The first-order chi connectivity index (χ1) is 14.9. The number of fused-ring (bicyclic) bond motifs is 2. The van der Waals surface area contributed by atoms with E-state index in [0.29, 0.717) is 30.4 Å². The molecule has 0 aliphatic carbocycles. The Morgan fingerprint density at radius 3 is 2.81 bits per heavy atom. The van der Waals surface area contributed by atoms with Crippen LogP contribution in [0.2, 0.25) is 0 Å². The molecular formula is C23H22N5O3+. The maximum absolute atomic E-state index is 12.0. The lowest BCUT2D eigenvalue weighted by atomic mass is 10.1. The van der Waals surface area contributed by atoms with Gasteiger partial charge in [-0.15, -0.1) is 4.58 Å². The van der Waals surface area contributed by atoms with Crippen molar-refractivity contribution < 1.29 is 19.2 Å². The summed E-state index contributed by atoms with van der Waals surface area (Å²) in [6.07, 6.45) is 1.41. The van der Waals surface area contributed by atoms with Crippen molar-refractivity contribution in [2.45, 2.75) is 20.4 Å². The van der Waals surface area contributed by atoms with Crippen molar-refractivity contribution in [2.75, 3.05) is 6.61 Å². The third kappa shape index (κ3) is 3.16. The Balaban J connectivity index is 1.54. The highest BCUT2D eigenvalue weighted by atomic mass is 16.5. The van der Waals surface area contributed by atoms with Gasteiger partial charge in [0, 0.05) is 18.2 Å². The molecule has 2 aromatic carbocycles. The number of H-pyrrole nitrogens is 1. The van der Waals surface area contributed by atoms with E-state index in [0.717, 1.165) is 33.3 Å². The summed E-state index contributed by atoms with van der Waals surface area (Å²) in [6.45, 7) is 4.59. The molecule has 8 nitrogen and oxygen atoms in total. The maximum atomic E-state index is 12.0. The Morgan fingerprint density at radius 2 is 2.06 bits per heavy atom. The van der Waals surface area contributed by atoms with Crippen molar-refractivity contribution in [2.24, 2.45) is 7.05 Å². The van der Waals surface area contributed by atoms with Crippen LogP contribution in [0.1, 0.15) is 23.6 Å². The minimum atomic E-state index is -0.362. The lowest BCUT2D eigenvalue weighted by Crippen LogP contribution is -2.19. The van der Waals surface area contributed by atoms with Crippen LogP contribution in [0.4, 0.5) is 4.79 Å². The maximum Gasteiger partial charge on any atom is 0.596 e. The molecule has 0 radical (unpaired) electrons. The predicted molar refractivity (Wildman–Crippen MR) is 116 cm³/mol. The molecule has 1 amide bonds. The monoisotopic (exact) mass is 416 g/mol. The smallest absolute Gasteiger partial charge is 0.504 e. The van der Waals surface area contributed by atoms with Crippen LogP contribution in [0.3, 0.4) is 0 Å². The van der Waals surface area contributed by atoms with Crippen LogP contribution in [-0.2, 0) is 18.3 Å². The van der Waals surface area contributed by atoms with Gasteiger partial charge in [-0.2, -0.15) is 9.89 Å². The van der Waals surface area contributed by atoms with Gasteiger partial charge in [0.2, 0.25) is 0 Å². The number of benzene rings is 2. The number of hydrogen-bond donors (Lipinski definition) is 2. The van der Waals surface area contributed by atoms with Crippen LogP contribution in [0.25, 0.3) is 33.8 Å². The van der Waals surface area contributed by atoms with Crippen molar-refractivity contribution in [1.82, 2.24) is 19.7 Å². The number of aromatic nitrogens is 4. The second kappa shape index (κ2) is 7.09. The standard InChI is InChI=1S/C23H21N5O3/c1-4-31-23(30)28-11-15-9-17-18(10-16(15)12-28)25-22(24-17)20-21(29)19(26-27(20)3)14-7-5-13(2)6-8-14/h5-11H,4,12H2,1-3H3,(H,24,29)/p+1. The Bertz CT molecular complexity index is 1360. The summed E-state index contributed by atoms with van der Waals surface area (Å²) in [5.41, 5.74) is 6.51. The number of hydrogen-bond acceptors (Lipinski definition) is 5. The van der Waals surface area contributed by atoms with Gasteiger partial charge in [0.25, 0.3) is 0 Å². The number of imidazole rings is 1. The molecule has 156 valence electrons. The average molecular weight is 416 g/mol. The minimum Gasteiger partial charge on any atom is -0.504 e. The van der Waals surface area contributed by atoms with E-state index in [9.17, 15) is 9.90 Å². The fourth-order valence-corrected chi connectivity index (χ4v) is 3.89. The van der Waals surface area contributed by atoms with E-state index in [1.54, 1.807) is 29.4 Å². The number of aromatic amines is 1. The van der Waals surface area contributed by atoms with Crippen LogP contribution in [-0.4, -0.2) is 48.3 Å². The molecule has 0 saturated heterocycles. The summed E-state index contributed by atoms with van der Waals surface area (Å²) in [4.78, 5) is 20.0. The first kappa shape index (κ1) is 19.0. The van der Waals surface area contributed by atoms with Gasteiger partial charge in [-0.05, 0) is 26.0 Å². The number of rotatable bonds is 3. The van der Waals surface area contributed by atoms with Gasteiger partial charge in [-0.25, -0.2) is 4.98 Å². The number of aromatic hydroxyl groups is 1. The SMILES string of the molecule is CCOC(=O)[N+]1=Cc2cc3nc(-c4c(O)c(-c5ccc(C)cc5)nn4C)[nH]c3cc2C1. The Labute approximate surface area is 178 Å². The lowest BCUT2D eigenvalue weighted by molar-refractivity contribution is -0.453. The van der Waals surface area contributed by atoms with Gasteiger partial charge in [-0.3, -0.25) is 4.68 Å². The first-order valence-corrected chi connectivity index (χ1v) is 10.1. The van der Waals surface area contributed by atoms with Crippen LogP contribution in [0, 0.1) is 6.92 Å². The predicted octanol–water partition coefficient (Wildman–Crippen LogP) is 3.75. The highest BCUT2D eigenvalue weighted by Gasteiger charge is 2.28. The van der Waals surface area contributed by atoms with Crippen LogP contribution >= 0.6 is 0 Å². The molecular weight excluding hydrogens is 394 g/mol. The third-order valence-corrected chi connectivity index (χ3v) is 5.45. The highest BCUT2D eigenvalue weighted by Crippen LogP contribution is 2.37. The van der Waals surface area contributed by atoms with Crippen molar-refractivity contribution in [3.05, 3.63) is 53.1 Å². The van der Waals surface area contributed by atoms with E-state index < -0.39 is 0 Å². The number of ether oxygens (including phenoxy) is 1. The minimum absolute atomic E-state index is 0.0815. The quantitative estimate of drug-likeness (QED) is 0.496. The van der Waals surface area contributed by atoms with Crippen molar-refractivity contribution in [3.63, 3.8) is 0 Å². The fourth-order valence-electron chi connectivity index (χ4n) is 3.89. The summed E-state index contributed by atoms with van der Waals surface area (Å²) < 4.78 is 8.26. The molecule has 1 aliphatic heterocycles. The number of amides is 1. The average Bonchev–Trinajstić information content (AvgIpc) is 3.41. The molecule has 0 fully saturated rings. The van der Waals surface area contributed by atoms with E-state index in [-0.39, 0.29) is 11.8 Å². The summed E-state index contributed by atoms with van der Waals surface area (Å²) >= 11 is 0. The summed E-state index contributed by atoms with van der Waals surface area (Å²) in [6, 6.07) is 11.8. The summed E-state index contributed by atoms with van der Waals surface area (Å²) in [5, 5.41) is 15.4. The molecule has 8 heteroatoms. The van der Waals surface area contributed by atoms with Gasteiger partial charge in [-0.1, -0.05) is 29.8 Å². The van der Waals surface area contributed by atoms with Crippen molar-refractivity contribution in [1.29, 1.82) is 0 Å². The van der Waals surface area contributed by atoms with Gasteiger partial charge >= 0.3 is 6.09 Å². The summed E-state index contributed by atoms with van der Waals surface area (Å²) in [5.74, 6) is 0.616. The number of nitrogens with one attached hydrogen (secondary N) is 1. The van der Waals surface area contributed by atoms with Crippen molar-refractivity contribution >= 4 is 23.3 Å². The summed E-state index contributed by atoms with van der Waals surface area (Å²) in [7, 11) is 1.78. The molecule has 1 aliphatic rings. The molecule has 2 aromatic heterocycles. The number of carbonyl (C=O) groups is 1. The van der Waals surface area contributed by atoms with Gasteiger partial charge in [0.1, 0.15) is 11.4 Å². The molecule has 4 aromatic rings. The van der Waals surface area contributed by atoms with Crippen LogP contribution in [0.5, 0.6) is 5.75 Å². The number of nitrogens with zero attached hydrogens (tertiary/aromatic N) is 4. The van der Waals surface area contributed by atoms with Gasteiger partial charge in [0.05, 0.1) is 23.2 Å². The molecule has 0 unspecified atom stereocenters. The zero-order valence-corrected chi connectivity index (χ0v) is 17.5. The Hall–Kier alpha value is -3.94. The van der Waals surface area contributed by atoms with Gasteiger partial charge in [0.15, 0.2) is 24.3 Å². The Morgan fingerprint density at radius 1 is 1.29 bits per heavy atom. The normalized spacial score (nSPS) is 12.8.